The minimum Gasteiger partial charge on any atom is -0.460 e. The average molecular weight is 489 g/mol. The predicted molar refractivity (Wildman–Crippen MR) is 110 cm³/mol. The molecule has 0 saturated heterocycles. The fourth-order valence-electron chi connectivity index (χ4n) is 2.44. The summed E-state index contributed by atoms with van der Waals surface area (Å²) in [6.07, 6.45) is -2.21. The van der Waals surface area contributed by atoms with Gasteiger partial charge < -0.3 is 9.47 Å². The highest BCUT2D eigenvalue weighted by Gasteiger charge is 2.48. The molecule has 3 rings (SSSR count). The number of ether oxygens (including phenoxy) is 2. The molecule has 10 heteroatoms. The maximum atomic E-state index is 6.07. The Kier molecular flexibility index (Phi) is 6.69. The molecule has 2 atom stereocenters. The summed E-state index contributed by atoms with van der Waals surface area (Å²) < 4.78 is 7.56. The van der Waals surface area contributed by atoms with Gasteiger partial charge in [-0.3, -0.25) is 0 Å². The van der Waals surface area contributed by atoms with Crippen molar-refractivity contribution in [1.82, 2.24) is 0 Å². The van der Waals surface area contributed by atoms with Gasteiger partial charge >= 0.3 is 0 Å². The van der Waals surface area contributed by atoms with Crippen LogP contribution < -0.4 is 4.74 Å². The first-order valence-electron chi connectivity index (χ1n) is 7.65. The molecule has 27 heavy (non-hydrogen) atoms. The third kappa shape index (κ3) is 5.54. The smallest absolute Gasteiger partial charge is 0.252 e. The van der Waals surface area contributed by atoms with Crippen LogP contribution in [-0.2, 0) is 11.3 Å². The zero-order chi connectivity index (χ0) is 19.7. The standard InChI is InChI=1S/C17H12Cl6N2O2/c18-16(19,20)14-12-8-10(9-24-25-11-4-2-1-3-5-11)6-7-13(12)26-15(27-14)17(21,22)23/h1-8,14-15H,9H2. The largest absolute Gasteiger partial charge is 0.460 e. The summed E-state index contributed by atoms with van der Waals surface area (Å²) in [5.41, 5.74) is 2.10. The predicted octanol–water partition coefficient (Wildman–Crippen LogP) is 7.49. The van der Waals surface area contributed by atoms with Gasteiger partial charge in [0.15, 0.2) is 0 Å². The van der Waals surface area contributed by atoms with Crippen LogP contribution in [0, 0.1) is 0 Å². The fraction of sp³-hybridized carbons (Fsp3) is 0.294. The Morgan fingerprint density at radius 3 is 2.22 bits per heavy atom. The third-order valence-electron chi connectivity index (χ3n) is 3.61. The van der Waals surface area contributed by atoms with Crippen molar-refractivity contribution in [3.05, 3.63) is 59.7 Å². The van der Waals surface area contributed by atoms with Gasteiger partial charge in [-0.15, -0.1) is 0 Å². The van der Waals surface area contributed by atoms with Crippen LogP contribution in [0.1, 0.15) is 17.2 Å². The molecule has 1 heterocycles. The minimum absolute atomic E-state index is 0.322. The van der Waals surface area contributed by atoms with Gasteiger partial charge in [0, 0.05) is 5.56 Å². The molecule has 0 aliphatic carbocycles. The monoisotopic (exact) mass is 486 g/mol. The maximum Gasteiger partial charge on any atom is 0.252 e. The molecule has 2 aromatic carbocycles. The van der Waals surface area contributed by atoms with Crippen molar-refractivity contribution in [1.29, 1.82) is 0 Å². The molecule has 0 saturated carbocycles. The molecule has 1 aliphatic rings. The molecule has 0 spiro atoms. The zero-order valence-electron chi connectivity index (χ0n) is 13.5. The first kappa shape index (κ1) is 21.3. The van der Waals surface area contributed by atoms with E-state index < -0.39 is 20.0 Å². The molecule has 0 bridgehead atoms. The van der Waals surface area contributed by atoms with Crippen LogP contribution in [0.25, 0.3) is 0 Å². The molecular formula is C17H12Cl6N2O2. The van der Waals surface area contributed by atoms with E-state index in [1.807, 2.05) is 30.3 Å². The number of rotatable bonds is 3. The first-order valence-corrected chi connectivity index (χ1v) is 9.92. The van der Waals surface area contributed by atoms with Crippen molar-refractivity contribution in [3.8, 4) is 5.75 Å². The van der Waals surface area contributed by atoms with E-state index >= 15 is 0 Å². The van der Waals surface area contributed by atoms with Crippen LogP contribution in [0.5, 0.6) is 5.75 Å². The highest BCUT2D eigenvalue weighted by molar-refractivity contribution is 6.68. The van der Waals surface area contributed by atoms with E-state index in [1.54, 1.807) is 18.2 Å². The third-order valence-corrected chi connectivity index (χ3v) is 4.74. The lowest BCUT2D eigenvalue weighted by molar-refractivity contribution is -0.136. The van der Waals surface area contributed by atoms with E-state index in [0.717, 1.165) is 11.3 Å². The SMILES string of the molecule is ClC(Cl)(Cl)C1Oc2ccc(CN=Nc3ccccc3)cc2C(C(Cl)(Cl)Cl)O1. The van der Waals surface area contributed by atoms with E-state index in [2.05, 4.69) is 10.2 Å². The van der Waals surface area contributed by atoms with Crippen LogP contribution in [-0.4, -0.2) is 13.9 Å². The summed E-state index contributed by atoms with van der Waals surface area (Å²) in [5.74, 6) is 0.401. The van der Waals surface area contributed by atoms with E-state index in [1.165, 1.54) is 0 Å². The lowest BCUT2D eigenvalue weighted by Gasteiger charge is -2.38. The highest BCUT2D eigenvalue weighted by atomic mass is 35.6. The van der Waals surface area contributed by atoms with Crippen LogP contribution in [0.15, 0.2) is 58.8 Å². The number of halogens is 6. The Labute approximate surface area is 186 Å². The summed E-state index contributed by atoms with van der Waals surface area (Å²) in [5, 5.41) is 8.34. The zero-order valence-corrected chi connectivity index (χ0v) is 18.0. The van der Waals surface area contributed by atoms with Crippen molar-refractivity contribution < 1.29 is 9.47 Å². The Morgan fingerprint density at radius 2 is 1.59 bits per heavy atom. The van der Waals surface area contributed by atoms with Gasteiger partial charge in [-0.1, -0.05) is 93.9 Å². The number of azo groups is 1. The Morgan fingerprint density at radius 1 is 0.889 bits per heavy atom. The Hall–Kier alpha value is -0.460. The summed E-state index contributed by atoms with van der Waals surface area (Å²) in [4.78, 5) is 0. The number of fused-ring (bicyclic) bond motifs is 1. The number of alkyl halides is 6. The average Bonchev–Trinajstić information content (AvgIpc) is 2.60. The summed E-state index contributed by atoms with van der Waals surface area (Å²) >= 11 is 35.8. The van der Waals surface area contributed by atoms with E-state index in [9.17, 15) is 0 Å². The lowest BCUT2D eigenvalue weighted by atomic mass is 10.0. The summed E-state index contributed by atoms with van der Waals surface area (Å²) in [7, 11) is 0. The molecule has 0 N–H and O–H groups in total. The second-order valence-electron chi connectivity index (χ2n) is 5.66. The van der Waals surface area contributed by atoms with Gasteiger partial charge in [0.05, 0.1) is 12.2 Å². The first-order chi connectivity index (χ1) is 12.6. The number of benzene rings is 2. The normalized spacial score (nSPS) is 20.4. The molecule has 144 valence electrons. The minimum atomic E-state index is -1.85. The van der Waals surface area contributed by atoms with Crippen LogP contribution in [0.3, 0.4) is 0 Å². The molecule has 4 nitrogen and oxygen atoms in total. The number of hydrogen-bond acceptors (Lipinski definition) is 4. The molecule has 1 aliphatic heterocycles. The molecule has 0 fully saturated rings. The van der Waals surface area contributed by atoms with Gasteiger partial charge in [-0.05, 0) is 29.8 Å². The van der Waals surface area contributed by atoms with Crippen LogP contribution >= 0.6 is 69.6 Å². The second kappa shape index (κ2) is 8.50. The highest BCUT2D eigenvalue weighted by Crippen LogP contribution is 2.51. The van der Waals surface area contributed by atoms with Crippen molar-refractivity contribution in [3.63, 3.8) is 0 Å². The van der Waals surface area contributed by atoms with Crippen molar-refractivity contribution >= 4 is 75.3 Å². The fourth-order valence-corrected chi connectivity index (χ4v) is 3.23. The molecular weight excluding hydrogens is 477 g/mol. The maximum absolute atomic E-state index is 6.07. The molecule has 0 amide bonds. The van der Waals surface area contributed by atoms with E-state index in [0.29, 0.717) is 17.9 Å². The second-order valence-corrected chi connectivity index (χ2v) is 10.4. The quantitative estimate of drug-likeness (QED) is 0.332. The molecule has 2 aromatic rings. The van der Waals surface area contributed by atoms with Crippen LogP contribution in [0.2, 0.25) is 0 Å². The van der Waals surface area contributed by atoms with Gasteiger partial charge in [-0.2, -0.15) is 10.2 Å². The van der Waals surface area contributed by atoms with Crippen LogP contribution in [0.4, 0.5) is 5.69 Å². The summed E-state index contributed by atoms with van der Waals surface area (Å²) in [6, 6.07) is 14.6. The number of nitrogens with zero attached hydrogens (tertiary/aromatic N) is 2. The number of hydrogen-bond donors (Lipinski definition) is 0. The van der Waals surface area contributed by atoms with E-state index in [4.69, 9.17) is 79.1 Å². The van der Waals surface area contributed by atoms with Gasteiger partial charge in [0.2, 0.25) is 10.1 Å². The van der Waals surface area contributed by atoms with Crippen molar-refractivity contribution in [2.75, 3.05) is 0 Å². The van der Waals surface area contributed by atoms with Gasteiger partial charge in [0.1, 0.15) is 11.9 Å². The summed E-state index contributed by atoms with van der Waals surface area (Å²) in [6.45, 7) is 0.322. The molecule has 0 radical (unpaired) electrons. The Balaban J connectivity index is 1.85. The lowest BCUT2D eigenvalue weighted by Crippen LogP contribution is -2.42. The Bertz CT molecular complexity index is 820. The topological polar surface area (TPSA) is 43.2 Å². The van der Waals surface area contributed by atoms with E-state index in [-0.39, 0.29) is 0 Å². The van der Waals surface area contributed by atoms with Crippen molar-refractivity contribution in [2.24, 2.45) is 10.2 Å². The van der Waals surface area contributed by atoms with Gasteiger partial charge in [0.25, 0.3) is 3.79 Å². The van der Waals surface area contributed by atoms with Crippen molar-refractivity contribution in [2.45, 2.75) is 26.5 Å². The molecule has 2 unspecified atom stereocenters. The van der Waals surface area contributed by atoms with Gasteiger partial charge in [-0.25, -0.2) is 0 Å². The molecule has 0 aromatic heterocycles.